The monoisotopic (exact) mass is 268 g/mol. The van der Waals surface area contributed by atoms with Gasteiger partial charge in [-0.2, -0.15) is 0 Å². The van der Waals surface area contributed by atoms with Crippen molar-refractivity contribution in [2.75, 3.05) is 7.11 Å². The minimum Gasteiger partial charge on any atom is -0.469 e. The van der Waals surface area contributed by atoms with Gasteiger partial charge in [0.15, 0.2) is 0 Å². The molecule has 0 amide bonds. The number of carbonyl (C=O) groups excluding carboxylic acids is 1. The summed E-state index contributed by atoms with van der Waals surface area (Å²) < 4.78 is 4.82. The van der Waals surface area contributed by atoms with E-state index < -0.39 is 0 Å². The number of aryl methyl sites for hydroxylation is 1. The molecule has 0 aliphatic heterocycles. The standard InChI is InChI=1S/C18H20O2/c1-20-18(19)14-17(16-10-6-3-7-11-16)13-12-15-8-4-2-5-9-15/h2-11,17H,12-14H2,1H3. The maximum atomic E-state index is 11.6. The molecule has 20 heavy (non-hydrogen) atoms. The number of hydrogen-bond acceptors (Lipinski definition) is 2. The maximum Gasteiger partial charge on any atom is 0.306 e. The molecule has 0 N–H and O–H groups in total. The summed E-state index contributed by atoms with van der Waals surface area (Å²) in [6.45, 7) is 0. The normalized spacial score (nSPS) is 11.8. The highest BCUT2D eigenvalue weighted by Gasteiger charge is 2.16. The van der Waals surface area contributed by atoms with E-state index in [1.807, 2.05) is 36.4 Å². The van der Waals surface area contributed by atoms with E-state index in [9.17, 15) is 4.79 Å². The molecule has 1 atom stereocenters. The highest BCUT2D eigenvalue weighted by atomic mass is 16.5. The van der Waals surface area contributed by atoms with Crippen molar-refractivity contribution in [3.05, 3.63) is 71.8 Å². The van der Waals surface area contributed by atoms with Gasteiger partial charge in [-0.05, 0) is 29.9 Å². The fourth-order valence-corrected chi connectivity index (χ4v) is 2.38. The smallest absolute Gasteiger partial charge is 0.306 e. The van der Waals surface area contributed by atoms with Crippen molar-refractivity contribution in [3.63, 3.8) is 0 Å². The van der Waals surface area contributed by atoms with Gasteiger partial charge in [0.2, 0.25) is 0 Å². The highest BCUT2D eigenvalue weighted by Crippen LogP contribution is 2.25. The average molecular weight is 268 g/mol. The Hall–Kier alpha value is -2.09. The third kappa shape index (κ3) is 4.23. The van der Waals surface area contributed by atoms with Crippen LogP contribution >= 0.6 is 0 Å². The predicted molar refractivity (Wildman–Crippen MR) is 80.6 cm³/mol. The Bertz CT molecular complexity index is 520. The zero-order chi connectivity index (χ0) is 14.2. The van der Waals surface area contributed by atoms with Gasteiger partial charge in [0.05, 0.1) is 13.5 Å². The molecule has 2 aromatic rings. The van der Waals surface area contributed by atoms with E-state index in [1.165, 1.54) is 18.2 Å². The lowest BCUT2D eigenvalue weighted by Gasteiger charge is -2.16. The minimum atomic E-state index is -0.146. The molecule has 0 spiro atoms. The zero-order valence-electron chi connectivity index (χ0n) is 11.8. The van der Waals surface area contributed by atoms with Gasteiger partial charge < -0.3 is 4.74 Å². The van der Waals surface area contributed by atoms with Crippen molar-refractivity contribution in [1.29, 1.82) is 0 Å². The number of benzene rings is 2. The van der Waals surface area contributed by atoms with Crippen molar-refractivity contribution in [2.24, 2.45) is 0 Å². The van der Waals surface area contributed by atoms with Gasteiger partial charge in [0.1, 0.15) is 0 Å². The summed E-state index contributed by atoms with van der Waals surface area (Å²) in [6.07, 6.45) is 2.36. The van der Waals surface area contributed by atoms with Gasteiger partial charge >= 0.3 is 5.97 Å². The first-order chi connectivity index (χ1) is 9.79. The van der Waals surface area contributed by atoms with Crippen LogP contribution in [0.15, 0.2) is 60.7 Å². The van der Waals surface area contributed by atoms with Crippen LogP contribution in [0.25, 0.3) is 0 Å². The topological polar surface area (TPSA) is 26.3 Å². The highest BCUT2D eigenvalue weighted by molar-refractivity contribution is 5.70. The van der Waals surface area contributed by atoms with Crippen LogP contribution in [0.4, 0.5) is 0 Å². The van der Waals surface area contributed by atoms with E-state index in [-0.39, 0.29) is 11.9 Å². The first kappa shape index (κ1) is 14.3. The van der Waals surface area contributed by atoms with Crippen molar-refractivity contribution in [2.45, 2.75) is 25.2 Å². The Kier molecular flexibility index (Phi) is 5.36. The molecule has 2 aromatic carbocycles. The van der Waals surface area contributed by atoms with Crippen molar-refractivity contribution >= 4 is 5.97 Å². The first-order valence-corrected chi connectivity index (χ1v) is 6.95. The van der Waals surface area contributed by atoms with Gasteiger partial charge in [0.25, 0.3) is 0 Å². The van der Waals surface area contributed by atoms with Crippen LogP contribution in [0, 0.1) is 0 Å². The summed E-state index contributed by atoms with van der Waals surface area (Å²) in [5.41, 5.74) is 2.51. The molecule has 0 saturated heterocycles. The molecule has 0 radical (unpaired) electrons. The van der Waals surface area contributed by atoms with Crippen molar-refractivity contribution < 1.29 is 9.53 Å². The summed E-state index contributed by atoms with van der Waals surface area (Å²) in [5, 5.41) is 0. The lowest BCUT2D eigenvalue weighted by atomic mass is 9.90. The van der Waals surface area contributed by atoms with Crippen LogP contribution in [0.1, 0.15) is 29.9 Å². The SMILES string of the molecule is COC(=O)CC(CCc1ccccc1)c1ccccc1. The molecule has 0 aromatic heterocycles. The minimum absolute atomic E-state index is 0.146. The van der Waals surface area contributed by atoms with Gasteiger partial charge in [-0.1, -0.05) is 60.7 Å². The summed E-state index contributed by atoms with van der Waals surface area (Å²) in [4.78, 5) is 11.6. The fourth-order valence-electron chi connectivity index (χ4n) is 2.38. The Morgan fingerprint density at radius 3 is 2.20 bits per heavy atom. The maximum absolute atomic E-state index is 11.6. The van der Waals surface area contributed by atoms with Crippen molar-refractivity contribution in [1.82, 2.24) is 0 Å². The largest absolute Gasteiger partial charge is 0.469 e. The van der Waals surface area contributed by atoms with E-state index in [0.29, 0.717) is 6.42 Å². The van der Waals surface area contributed by atoms with E-state index in [0.717, 1.165) is 12.8 Å². The molecule has 1 unspecified atom stereocenters. The Balaban J connectivity index is 2.05. The molecule has 0 fully saturated rings. The summed E-state index contributed by atoms with van der Waals surface area (Å²) in [5.74, 6) is 0.0655. The predicted octanol–water partition coefficient (Wildman–Crippen LogP) is 3.97. The number of carbonyl (C=O) groups is 1. The summed E-state index contributed by atoms with van der Waals surface area (Å²) >= 11 is 0. The average Bonchev–Trinajstić information content (AvgIpc) is 2.53. The lowest BCUT2D eigenvalue weighted by molar-refractivity contribution is -0.141. The Morgan fingerprint density at radius 1 is 1.00 bits per heavy atom. The molecule has 0 bridgehead atoms. The van der Waals surface area contributed by atoms with Gasteiger partial charge in [-0.3, -0.25) is 4.79 Å². The number of methoxy groups -OCH3 is 1. The van der Waals surface area contributed by atoms with Crippen LogP contribution in [0.2, 0.25) is 0 Å². The number of esters is 1. The molecule has 0 heterocycles. The summed E-state index contributed by atoms with van der Waals surface area (Å²) in [6, 6.07) is 20.6. The number of rotatable bonds is 6. The lowest BCUT2D eigenvalue weighted by Crippen LogP contribution is -2.09. The summed E-state index contributed by atoms with van der Waals surface area (Å²) in [7, 11) is 1.45. The van der Waals surface area contributed by atoms with Crippen LogP contribution in [-0.2, 0) is 16.0 Å². The molecule has 2 rings (SSSR count). The molecule has 2 nitrogen and oxygen atoms in total. The molecule has 0 saturated carbocycles. The second kappa shape index (κ2) is 7.49. The Morgan fingerprint density at radius 2 is 1.60 bits per heavy atom. The first-order valence-electron chi connectivity index (χ1n) is 6.95. The molecular formula is C18H20O2. The number of ether oxygens (including phenoxy) is 1. The van der Waals surface area contributed by atoms with E-state index in [1.54, 1.807) is 0 Å². The quantitative estimate of drug-likeness (QED) is 0.741. The molecule has 2 heteroatoms. The third-order valence-electron chi connectivity index (χ3n) is 3.54. The fraction of sp³-hybridized carbons (Fsp3) is 0.278. The van der Waals surface area contributed by atoms with E-state index in [4.69, 9.17) is 4.74 Å². The van der Waals surface area contributed by atoms with Crippen LogP contribution < -0.4 is 0 Å². The third-order valence-corrected chi connectivity index (χ3v) is 3.54. The van der Waals surface area contributed by atoms with Crippen LogP contribution in [-0.4, -0.2) is 13.1 Å². The molecular weight excluding hydrogens is 248 g/mol. The van der Waals surface area contributed by atoms with Crippen molar-refractivity contribution in [3.8, 4) is 0 Å². The van der Waals surface area contributed by atoms with Crippen LogP contribution in [0.3, 0.4) is 0 Å². The molecule has 104 valence electrons. The van der Waals surface area contributed by atoms with E-state index in [2.05, 4.69) is 24.3 Å². The number of hydrogen-bond donors (Lipinski definition) is 0. The van der Waals surface area contributed by atoms with Gasteiger partial charge in [-0.25, -0.2) is 0 Å². The van der Waals surface area contributed by atoms with Gasteiger partial charge in [0, 0.05) is 0 Å². The second-order valence-corrected chi connectivity index (χ2v) is 4.91. The Labute approximate surface area is 120 Å². The zero-order valence-corrected chi connectivity index (χ0v) is 11.8. The van der Waals surface area contributed by atoms with Gasteiger partial charge in [-0.15, -0.1) is 0 Å². The molecule has 0 aliphatic carbocycles. The van der Waals surface area contributed by atoms with Crippen LogP contribution in [0.5, 0.6) is 0 Å². The second-order valence-electron chi connectivity index (χ2n) is 4.91. The molecule has 0 aliphatic rings. The van der Waals surface area contributed by atoms with E-state index >= 15 is 0 Å².